The Morgan fingerprint density at radius 1 is 1.38 bits per heavy atom. The summed E-state index contributed by atoms with van der Waals surface area (Å²) >= 11 is 0. The Morgan fingerprint density at radius 3 is 2.48 bits per heavy atom. The summed E-state index contributed by atoms with van der Waals surface area (Å²) in [4.78, 5) is 12.1. The van der Waals surface area contributed by atoms with Gasteiger partial charge in [0.2, 0.25) is 5.91 Å². The zero-order valence-corrected chi connectivity index (χ0v) is 13.0. The lowest BCUT2D eigenvalue weighted by atomic mass is 9.90. The van der Waals surface area contributed by atoms with Crippen molar-refractivity contribution in [3.05, 3.63) is 35.4 Å². The van der Waals surface area contributed by atoms with E-state index in [9.17, 15) is 9.90 Å². The van der Waals surface area contributed by atoms with Crippen LogP contribution >= 0.6 is 12.4 Å². The maximum Gasteiger partial charge on any atom is 0.240 e. The molecule has 1 aromatic rings. The molecule has 4 N–H and O–H groups in total. The van der Waals surface area contributed by atoms with Crippen molar-refractivity contribution >= 4 is 18.3 Å². The highest BCUT2D eigenvalue weighted by Gasteiger charge is 2.35. The highest BCUT2D eigenvalue weighted by atomic mass is 35.5. The molecule has 0 aromatic heterocycles. The van der Waals surface area contributed by atoms with Gasteiger partial charge >= 0.3 is 0 Å². The molecule has 1 unspecified atom stereocenters. The number of amides is 1. The average Bonchev–Trinajstić information content (AvgIpc) is 2.46. The van der Waals surface area contributed by atoms with Crippen molar-refractivity contribution in [1.82, 2.24) is 5.32 Å². The molecule has 5 nitrogen and oxygen atoms in total. The summed E-state index contributed by atoms with van der Waals surface area (Å²) < 4.78 is 5.23. The van der Waals surface area contributed by atoms with Gasteiger partial charge in [-0.2, -0.15) is 0 Å². The monoisotopic (exact) mass is 314 g/mol. The topological polar surface area (TPSA) is 84.6 Å². The molecule has 1 saturated heterocycles. The molecular formula is C15H23ClN2O3. The molecule has 0 aliphatic carbocycles. The van der Waals surface area contributed by atoms with Crippen molar-refractivity contribution in [3.8, 4) is 0 Å². The highest BCUT2D eigenvalue weighted by molar-refractivity contribution is 5.86. The third-order valence-corrected chi connectivity index (χ3v) is 3.75. The van der Waals surface area contributed by atoms with Crippen molar-refractivity contribution in [3.63, 3.8) is 0 Å². The maximum atomic E-state index is 12.1. The first-order valence-corrected chi connectivity index (χ1v) is 6.93. The van der Waals surface area contributed by atoms with Crippen molar-refractivity contribution in [2.75, 3.05) is 13.2 Å². The molecule has 1 aliphatic heterocycles. The van der Waals surface area contributed by atoms with Crippen molar-refractivity contribution in [1.29, 1.82) is 0 Å². The Hall–Kier alpha value is -1.14. The lowest BCUT2D eigenvalue weighted by Gasteiger charge is -2.31. The van der Waals surface area contributed by atoms with Crippen LogP contribution in [-0.2, 0) is 16.1 Å². The fraction of sp³-hybridized carbons (Fsp3) is 0.533. The van der Waals surface area contributed by atoms with Crippen LogP contribution in [0.4, 0.5) is 0 Å². The highest BCUT2D eigenvalue weighted by Crippen LogP contribution is 2.18. The smallest absolute Gasteiger partial charge is 0.240 e. The molecule has 0 radical (unpaired) electrons. The van der Waals surface area contributed by atoms with E-state index in [0.29, 0.717) is 32.6 Å². The summed E-state index contributed by atoms with van der Waals surface area (Å²) in [6.45, 7) is 3.23. The van der Waals surface area contributed by atoms with Crippen LogP contribution in [-0.4, -0.2) is 29.8 Å². The molecule has 1 heterocycles. The summed E-state index contributed by atoms with van der Waals surface area (Å²) in [5.74, 6) is -0.125. The lowest BCUT2D eigenvalue weighted by molar-refractivity contribution is -0.129. The van der Waals surface area contributed by atoms with Gasteiger partial charge in [-0.15, -0.1) is 12.4 Å². The fourth-order valence-corrected chi connectivity index (χ4v) is 2.24. The molecule has 1 fully saturated rings. The van der Waals surface area contributed by atoms with Crippen molar-refractivity contribution < 1.29 is 14.6 Å². The first-order valence-electron chi connectivity index (χ1n) is 6.93. The molecule has 1 aromatic carbocycles. The summed E-state index contributed by atoms with van der Waals surface area (Å²) in [5.41, 5.74) is 7.14. The Balaban J connectivity index is 0.00000220. The van der Waals surface area contributed by atoms with Crippen LogP contribution in [0.5, 0.6) is 0 Å². The normalized spacial score (nSPS) is 18.4. The zero-order chi connectivity index (χ0) is 14.6. The molecule has 0 saturated carbocycles. The summed E-state index contributed by atoms with van der Waals surface area (Å²) in [5, 5.41) is 12.3. The molecular weight excluding hydrogens is 292 g/mol. The SMILES string of the molecule is CC(O)c1ccc(CNC(=O)C2(N)CCOCC2)cc1.Cl. The van der Waals surface area contributed by atoms with Gasteiger partial charge in [0.1, 0.15) is 0 Å². The van der Waals surface area contributed by atoms with E-state index in [2.05, 4.69) is 5.32 Å². The average molecular weight is 315 g/mol. The number of hydrogen-bond acceptors (Lipinski definition) is 4. The minimum atomic E-state index is -0.808. The molecule has 118 valence electrons. The van der Waals surface area contributed by atoms with Crippen LogP contribution in [0.2, 0.25) is 0 Å². The van der Waals surface area contributed by atoms with E-state index in [0.717, 1.165) is 11.1 Å². The second-order valence-electron chi connectivity index (χ2n) is 5.37. The number of rotatable bonds is 4. The van der Waals surface area contributed by atoms with E-state index < -0.39 is 11.6 Å². The minimum absolute atomic E-state index is 0. The number of halogens is 1. The van der Waals surface area contributed by atoms with Crippen LogP contribution in [0, 0.1) is 0 Å². The Kier molecular flexibility index (Phi) is 6.61. The number of aliphatic hydroxyl groups is 1. The van der Waals surface area contributed by atoms with Crippen LogP contribution in [0.3, 0.4) is 0 Å². The molecule has 0 spiro atoms. The molecule has 2 rings (SSSR count). The van der Waals surface area contributed by atoms with Gasteiger partial charge in [0.15, 0.2) is 0 Å². The molecule has 1 aliphatic rings. The van der Waals surface area contributed by atoms with Crippen LogP contribution in [0.15, 0.2) is 24.3 Å². The number of hydrogen-bond donors (Lipinski definition) is 3. The number of carbonyl (C=O) groups is 1. The maximum absolute atomic E-state index is 12.1. The van der Waals surface area contributed by atoms with E-state index in [1.54, 1.807) is 6.92 Å². The third kappa shape index (κ3) is 4.68. The van der Waals surface area contributed by atoms with Crippen LogP contribution < -0.4 is 11.1 Å². The van der Waals surface area contributed by atoms with Gasteiger partial charge in [-0.25, -0.2) is 0 Å². The first kappa shape index (κ1) is 17.9. The number of carbonyl (C=O) groups excluding carboxylic acids is 1. The van der Waals surface area contributed by atoms with Crippen LogP contribution in [0.1, 0.15) is 37.0 Å². The van der Waals surface area contributed by atoms with Gasteiger partial charge in [-0.3, -0.25) is 4.79 Å². The molecule has 1 atom stereocenters. The van der Waals surface area contributed by atoms with E-state index in [4.69, 9.17) is 10.5 Å². The minimum Gasteiger partial charge on any atom is -0.389 e. The largest absolute Gasteiger partial charge is 0.389 e. The number of benzene rings is 1. The van der Waals surface area contributed by atoms with Gasteiger partial charge < -0.3 is 20.9 Å². The van der Waals surface area contributed by atoms with Gasteiger partial charge in [0, 0.05) is 19.8 Å². The molecule has 0 bridgehead atoms. The summed E-state index contributed by atoms with van der Waals surface area (Å²) in [6.07, 6.45) is 0.632. The molecule has 6 heteroatoms. The van der Waals surface area contributed by atoms with Gasteiger partial charge in [0.05, 0.1) is 11.6 Å². The number of ether oxygens (including phenoxy) is 1. The number of nitrogens with two attached hydrogens (primary N) is 1. The lowest BCUT2D eigenvalue weighted by Crippen LogP contribution is -2.56. The quantitative estimate of drug-likeness (QED) is 0.782. The summed E-state index contributed by atoms with van der Waals surface area (Å²) in [6, 6.07) is 7.52. The fourth-order valence-electron chi connectivity index (χ4n) is 2.24. The second-order valence-corrected chi connectivity index (χ2v) is 5.37. The standard InChI is InChI=1S/C15H22N2O3.ClH/c1-11(18)13-4-2-12(3-5-13)10-17-14(19)15(16)6-8-20-9-7-15;/h2-5,11,18H,6-10,16H2,1H3,(H,17,19);1H. The van der Waals surface area contributed by atoms with E-state index in [1.807, 2.05) is 24.3 Å². The van der Waals surface area contributed by atoms with Crippen molar-refractivity contribution in [2.24, 2.45) is 5.73 Å². The Labute approximate surface area is 131 Å². The summed E-state index contributed by atoms with van der Waals surface area (Å²) in [7, 11) is 0. The first-order chi connectivity index (χ1) is 9.51. The number of aliphatic hydroxyl groups excluding tert-OH is 1. The van der Waals surface area contributed by atoms with E-state index in [-0.39, 0.29) is 18.3 Å². The third-order valence-electron chi connectivity index (χ3n) is 3.75. The van der Waals surface area contributed by atoms with Crippen LogP contribution in [0.25, 0.3) is 0 Å². The predicted molar refractivity (Wildman–Crippen MR) is 83.1 cm³/mol. The van der Waals surface area contributed by atoms with E-state index >= 15 is 0 Å². The number of nitrogens with one attached hydrogen (secondary N) is 1. The Bertz CT molecular complexity index is 456. The zero-order valence-electron chi connectivity index (χ0n) is 12.2. The van der Waals surface area contributed by atoms with Crippen molar-refractivity contribution in [2.45, 2.75) is 38.0 Å². The molecule has 21 heavy (non-hydrogen) atoms. The Morgan fingerprint density at radius 2 is 1.95 bits per heavy atom. The van der Waals surface area contributed by atoms with E-state index in [1.165, 1.54) is 0 Å². The molecule has 1 amide bonds. The van der Waals surface area contributed by atoms with Gasteiger partial charge in [-0.05, 0) is 30.9 Å². The van der Waals surface area contributed by atoms with Gasteiger partial charge in [-0.1, -0.05) is 24.3 Å². The van der Waals surface area contributed by atoms with Gasteiger partial charge in [0.25, 0.3) is 0 Å². The predicted octanol–water partition coefficient (Wildman–Crippen LogP) is 1.29. The second kappa shape index (κ2) is 7.75.